The molecule has 0 saturated carbocycles. The van der Waals surface area contributed by atoms with Gasteiger partial charge in [0.2, 0.25) is 0 Å². The van der Waals surface area contributed by atoms with Gasteiger partial charge in [-0.05, 0) is 47.5 Å². The topological polar surface area (TPSA) is 106 Å². The van der Waals surface area contributed by atoms with Gasteiger partial charge >= 0.3 is 0 Å². The zero-order chi connectivity index (χ0) is 22.0. The molecule has 3 aromatic carbocycles. The standard InChI is InChI=1S/C24H23N3O4/c1-30-9-8-26-24(29)15-6-7-18-19-11-16(14-4-3-5-17(10-14)31-2)12-20(23(25)28)22(19)27-21(18)13-15/h3-7,10-13,27H,8-9H2,1-2H3,(H2,25,28)(H,26,29). The normalized spacial score (nSPS) is 11.0. The number of hydrogen-bond acceptors (Lipinski definition) is 4. The van der Waals surface area contributed by atoms with Gasteiger partial charge in [0, 0.05) is 35.5 Å². The lowest BCUT2D eigenvalue weighted by molar-refractivity contribution is 0.0936. The third-order valence-corrected chi connectivity index (χ3v) is 5.23. The highest BCUT2D eigenvalue weighted by Crippen LogP contribution is 2.34. The van der Waals surface area contributed by atoms with E-state index < -0.39 is 5.91 Å². The summed E-state index contributed by atoms with van der Waals surface area (Å²) < 4.78 is 10.3. The lowest BCUT2D eigenvalue weighted by Gasteiger charge is -2.08. The van der Waals surface area contributed by atoms with Crippen molar-refractivity contribution in [2.75, 3.05) is 27.4 Å². The van der Waals surface area contributed by atoms with E-state index in [4.69, 9.17) is 15.2 Å². The van der Waals surface area contributed by atoms with Crippen molar-refractivity contribution < 1.29 is 19.1 Å². The van der Waals surface area contributed by atoms with E-state index in [1.165, 1.54) is 0 Å². The van der Waals surface area contributed by atoms with E-state index in [2.05, 4.69) is 10.3 Å². The van der Waals surface area contributed by atoms with Gasteiger partial charge in [0.1, 0.15) is 5.75 Å². The molecule has 0 aliphatic carbocycles. The molecule has 0 saturated heterocycles. The molecule has 4 rings (SSSR count). The number of H-pyrrole nitrogens is 1. The summed E-state index contributed by atoms with van der Waals surface area (Å²) in [5, 5.41) is 4.56. The van der Waals surface area contributed by atoms with Crippen LogP contribution in [0.25, 0.3) is 32.9 Å². The van der Waals surface area contributed by atoms with Crippen molar-refractivity contribution in [3.63, 3.8) is 0 Å². The summed E-state index contributed by atoms with van der Waals surface area (Å²) in [6, 6.07) is 16.8. The number of primary amides is 1. The van der Waals surface area contributed by atoms with E-state index in [0.29, 0.717) is 29.8 Å². The van der Waals surface area contributed by atoms with Crippen LogP contribution in [0.5, 0.6) is 5.75 Å². The van der Waals surface area contributed by atoms with Gasteiger partial charge in [-0.3, -0.25) is 9.59 Å². The van der Waals surface area contributed by atoms with Crippen LogP contribution in [-0.2, 0) is 4.74 Å². The fourth-order valence-corrected chi connectivity index (χ4v) is 3.68. The molecule has 0 fully saturated rings. The first kappa shape index (κ1) is 20.4. The smallest absolute Gasteiger partial charge is 0.251 e. The Morgan fingerprint density at radius 1 is 1.00 bits per heavy atom. The molecule has 7 nitrogen and oxygen atoms in total. The molecule has 2 amide bonds. The number of carbonyl (C=O) groups is 2. The minimum Gasteiger partial charge on any atom is -0.497 e. The van der Waals surface area contributed by atoms with E-state index in [9.17, 15) is 9.59 Å². The molecule has 0 atom stereocenters. The minimum atomic E-state index is -0.529. The molecule has 4 N–H and O–H groups in total. The second-order valence-electron chi connectivity index (χ2n) is 7.18. The number of nitrogens with two attached hydrogens (primary N) is 1. The average Bonchev–Trinajstić information content (AvgIpc) is 3.16. The number of methoxy groups -OCH3 is 2. The van der Waals surface area contributed by atoms with Crippen LogP contribution in [0, 0.1) is 0 Å². The van der Waals surface area contributed by atoms with Crippen LogP contribution < -0.4 is 15.8 Å². The Hall–Kier alpha value is -3.84. The van der Waals surface area contributed by atoms with Crippen molar-refractivity contribution in [3.8, 4) is 16.9 Å². The number of rotatable bonds is 7. The van der Waals surface area contributed by atoms with Crippen molar-refractivity contribution in [3.05, 3.63) is 65.7 Å². The number of nitrogens with one attached hydrogen (secondary N) is 2. The summed E-state index contributed by atoms with van der Waals surface area (Å²) in [6.07, 6.45) is 0. The average molecular weight is 417 g/mol. The van der Waals surface area contributed by atoms with Crippen LogP contribution in [-0.4, -0.2) is 44.2 Å². The van der Waals surface area contributed by atoms with Gasteiger partial charge in [-0.25, -0.2) is 0 Å². The first-order valence-electron chi connectivity index (χ1n) is 9.82. The number of ether oxygens (including phenoxy) is 2. The molecule has 0 bridgehead atoms. The number of aromatic amines is 1. The summed E-state index contributed by atoms with van der Waals surface area (Å²) in [6.45, 7) is 0.866. The monoisotopic (exact) mass is 417 g/mol. The second kappa shape index (κ2) is 8.49. The van der Waals surface area contributed by atoms with E-state index in [0.717, 1.165) is 33.2 Å². The van der Waals surface area contributed by atoms with Crippen molar-refractivity contribution in [2.24, 2.45) is 5.73 Å². The molecule has 0 unspecified atom stereocenters. The van der Waals surface area contributed by atoms with Crippen molar-refractivity contribution >= 4 is 33.6 Å². The maximum Gasteiger partial charge on any atom is 0.251 e. The lowest BCUT2D eigenvalue weighted by atomic mass is 9.98. The second-order valence-corrected chi connectivity index (χ2v) is 7.18. The van der Waals surface area contributed by atoms with E-state index in [1.54, 1.807) is 32.4 Å². The van der Waals surface area contributed by atoms with Gasteiger partial charge in [-0.15, -0.1) is 0 Å². The summed E-state index contributed by atoms with van der Waals surface area (Å²) in [5.41, 5.74) is 9.75. The number of carbonyl (C=O) groups excluding carboxylic acids is 2. The third-order valence-electron chi connectivity index (χ3n) is 5.23. The van der Waals surface area contributed by atoms with Crippen LogP contribution >= 0.6 is 0 Å². The Labute approximate surface area is 179 Å². The lowest BCUT2D eigenvalue weighted by Crippen LogP contribution is -2.26. The molecule has 0 spiro atoms. The molecule has 0 aliphatic rings. The summed E-state index contributed by atoms with van der Waals surface area (Å²) in [7, 11) is 3.19. The van der Waals surface area contributed by atoms with Gasteiger partial charge in [0.25, 0.3) is 11.8 Å². The maximum absolute atomic E-state index is 12.4. The fourth-order valence-electron chi connectivity index (χ4n) is 3.68. The number of fused-ring (bicyclic) bond motifs is 3. The van der Waals surface area contributed by atoms with Crippen LogP contribution in [0.15, 0.2) is 54.6 Å². The van der Waals surface area contributed by atoms with Gasteiger partial charge in [-0.2, -0.15) is 0 Å². The number of benzene rings is 3. The Kier molecular flexibility index (Phi) is 5.60. The first-order chi connectivity index (χ1) is 15.0. The summed E-state index contributed by atoms with van der Waals surface area (Å²) >= 11 is 0. The predicted octanol–water partition coefficient (Wildman–Crippen LogP) is 3.47. The van der Waals surface area contributed by atoms with E-state index >= 15 is 0 Å². The maximum atomic E-state index is 12.4. The fraction of sp³-hybridized carbons (Fsp3) is 0.167. The van der Waals surface area contributed by atoms with Gasteiger partial charge in [-0.1, -0.05) is 18.2 Å². The van der Waals surface area contributed by atoms with Crippen LogP contribution in [0.2, 0.25) is 0 Å². The molecule has 31 heavy (non-hydrogen) atoms. The molecular weight excluding hydrogens is 394 g/mol. The van der Waals surface area contributed by atoms with Crippen LogP contribution in [0.1, 0.15) is 20.7 Å². The predicted molar refractivity (Wildman–Crippen MR) is 121 cm³/mol. The van der Waals surface area contributed by atoms with E-state index in [-0.39, 0.29) is 5.91 Å². The molecule has 0 radical (unpaired) electrons. The highest BCUT2D eigenvalue weighted by Gasteiger charge is 2.16. The molecule has 0 aliphatic heterocycles. The van der Waals surface area contributed by atoms with Gasteiger partial charge in [0.05, 0.1) is 24.8 Å². The van der Waals surface area contributed by atoms with Gasteiger partial charge < -0.3 is 25.5 Å². The molecule has 158 valence electrons. The summed E-state index contributed by atoms with van der Waals surface area (Å²) in [4.78, 5) is 27.9. The Morgan fingerprint density at radius 2 is 1.84 bits per heavy atom. The van der Waals surface area contributed by atoms with Crippen molar-refractivity contribution in [1.29, 1.82) is 0 Å². The highest BCUT2D eigenvalue weighted by molar-refractivity contribution is 6.17. The molecule has 1 aromatic heterocycles. The zero-order valence-electron chi connectivity index (χ0n) is 17.3. The molecule has 4 aromatic rings. The number of aromatic nitrogens is 1. The first-order valence-corrected chi connectivity index (χ1v) is 9.82. The largest absolute Gasteiger partial charge is 0.497 e. The SMILES string of the molecule is COCCNC(=O)c1ccc2c(c1)[nH]c1c(C(N)=O)cc(-c3cccc(OC)c3)cc12. The number of hydrogen-bond donors (Lipinski definition) is 3. The van der Waals surface area contributed by atoms with Crippen LogP contribution in [0.3, 0.4) is 0 Å². The molecular formula is C24H23N3O4. The Balaban J connectivity index is 1.84. The Morgan fingerprint density at radius 3 is 2.58 bits per heavy atom. The van der Waals surface area contributed by atoms with Crippen molar-refractivity contribution in [1.82, 2.24) is 10.3 Å². The quantitative estimate of drug-likeness (QED) is 0.400. The van der Waals surface area contributed by atoms with Gasteiger partial charge in [0.15, 0.2) is 0 Å². The number of amides is 2. The molecule has 7 heteroatoms. The Bertz CT molecular complexity index is 1290. The third kappa shape index (κ3) is 3.95. The van der Waals surface area contributed by atoms with E-state index in [1.807, 2.05) is 36.4 Å². The minimum absolute atomic E-state index is 0.190. The van der Waals surface area contributed by atoms with Crippen molar-refractivity contribution in [2.45, 2.75) is 0 Å². The zero-order valence-corrected chi connectivity index (χ0v) is 17.3. The highest BCUT2D eigenvalue weighted by atomic mass is 16.5. The van der Waals surface area contributed by atoms with Crippen LogP contribution in [0.4, 0.5) is 0 Å². The summed E-state index contributed by atoms with van der Waals surface area (Å²) in [5.74, 6) is 0.00455. The molecule has 1 heterocycles.